The van der Waals surface area contributed by atoms with Crippen molar-refractivity contribution in [3.63, 3.8) is 0 Å². The van der Waals surface area contributed by atoms with Gasteiger partial charge in [-0.2, -0.15) is 0 Å². The van der Waals surface area contributed by atoms with Crippen molar-refractivity contribution in [2.24, 2.45) is 0 Å². The van der Waals surface area contributed by atoms with E-state index in [1.807, 2.05) is 0 Å². The van der Waals surface area contributed by atoms with Gasteiger partial charge in [0.1, 0.15) is 0 Å². The molecule has 4 nitrogen and oxygen atoms in total. The Kier molecular flexibility index (Phi) is 5.55. The minimum Gasteiger partial charge on any atom is -0.395 e. The SMILES string of the molecule is CC(NC(=O)NCCO)c1cccc(Cl)c1Cl. The molecular weight excluding hydrogens is 263 g/mol. The van der Waals surface area contributed by atoms with Crippen LogP contribution in [-0.2, 0) is 0 Å². The maximum absolute atomic E-state index is 11.4. The van der Waals surface area contributed by atoms with Crippen LogP contribution in [0.15, 0.2) is 18.2 Å². The number of hydrogen-bond acceptors (Lipinski definition) is 2. The highest BCUT2D eigenvalue weighted by atomic mass is 35.5. The fraction of sp³-hybridized carbons (Fsp3) is 0.364. The molecule has 0 heterocycles. The number of benzene rings is 1. The summed E-state index contributed by atoms with van der Waals surface area (Å²) in [4.78, 5) is 11.4. The summed E-state index contributed by atoms with van der Waals surface area (Å²) >= 11 is 11.9. The van der Waals surface area contributed by atoms with Crippen LogP contribution in [-0.4, -0.2) is 24.3 Å². The fourth-order valence-electron chi connectivity index (χ4n) is 1.35. The lowest BCUT2D eigenvalue weighted by molar-refractivity contribution is 0.231. The highest BCUT2D eigenvalue weighted by Crippen LogP contribution is 2.29. The van der Waals surface area contributed by atoms with Gasteiger partial charge in [0.2, 0.25) is 0 Å². The Hall–Kier alpha value is -0.970. The van der Waals surface area contributed by atoms with Gasteiger partial charge in [-0.3, -0.25) is 0 Å². The van der Waals surface area contributed by atoms with Crippen LogP contribution < -0.4 is 10.6 Å². The molecule has 0 aromatic heterocycles. The second-order valence-electron chi connectivity index (χ2n) is 3.49. The van der Waals surface area contributed by atoms with Crippen LogP contribution in [0.2, 0.25) is 10.0 Å². The van der Waals surface area contributed by atoms with E-state index in [-0.39, 0.29) is 25.2 Å². The summed E-state index contributed by atoms with van der Waals surface area (Å²) < 4.78 is 0. The van der Waals surface area contributed by atoms with Gasteiger partial charge in [-0.25, -0.2) is 4.79 Å². The van der Waals surface area contributed by atoms with Gasteiger partial charge in [0.05, 0.1) is 22.7 Å². The highest BCUT2D eigenvalue weighted by Gasteiger charge is 2.13. The number of halogens is 2. The molecule has 1 aromatic rings. The van der Waals surface area contributed by atoms with Gasteiger partial charge in [-0.15, -0.1) is 0 Å². The smallest absolute Gasteiger partial charge is 0.315 e. The summed E-state index contributed by atoms with van der Waals surface area (Å²) in [5, 5.41) is 14.6. The summed E-state index contributed by atoms with van der Waals surface area (Å²) in [6.45, 7) is 1.91. The number of carbonyl (C=O) groups excluding carboxylic acids is 1. The molecule has 94 valence electrons. The number of rotatable bonds is 4. The van der Waals surface area contributed by atoms with Crippen molar-refractivity contribution in [3.05, 3.63) is 33.8 Å². The topological polar surface area (TPSA) is 61.4 Å². The van der Waals surface area contributed by atoms with Crippen molar-refractivity contribution >= 4 is 29.2 Å². The molecule has 0 spiro atoms. The van der Waals surface area contributed by atoms with Crippen LogP contribution in [0.25, 0.3) is 0 Å². The fourth-order valence-corrected chi connectivity index (χ4v) is 1.82. The molecule has 1 unspecified atom stereocenters. The standard InChI is InChI=1S/C11H14Cl2N2O2/c1-7(15-11(17)14-5-6-16)8-3-2-4-9(12)10(8)13/h2-4,7,16H,5-6H2,1H3,(H2,14,15,17). The van der Waals surface area contributed by atoms with Gasteiger partial charge in [0.25, 0.3) is 0 Å². The van der Waals surface area contributed by atoms with Crippen molar-refractivity contribution in [1.29, 1.82) is 0 Å². The number of amides is 2. The molecule has 2 amide bonds. The van der Waals surface area contributed by atoms with Gasteiger partial charge in [0, 0.05) is 6.54 Å². The van der Waals surface area contributed by atoms with Crippen LogP contribution in [0.1, 0.15) is 18.5 Å². The van der Waals surface area contributed by atoms with E-state index in [1.165, 1.54) is 0 Å². The molecule has 0 aliphatic carbocycles. The number of carbonyl (C=O) groups is 1. The van der Waals surface area contributed by atoms with Crippen molar-refractivity contribution in [2.45, 2.75) is 13.0 Å². The normalized spacial score (nSPS) is 12.0. The largest absolute Gasteiger partial charge is 0.395 e. The van der Waals surface area contributed by atoms with E-state index in [1.54, 1.807) is 25.1 Å². The highest BCUT2D eigenvalue weighted by molar-refractivity contribution is 6.42. The van der Waals surface area contributed by atoms with E-state index < -0.39 is 0 Å². The van der Waals surface area contributed by atoms with Crippen LogP contribution in [0, 0.1) is 0 Å². The third-order valence-corrected chi connectivity index (χ3v) is 3.03. The molecule has 1 aromatic carbocycles. The molecule has 1 rings (SSSR count). The van der Waals surface area contributed by atoms with Crippen LogP contribution in [0.3, 0.4) is 0 Å². The molecule has 6 heteroatoms. The van der Waals surface area contributed by atoms with Gasteiger partial charge in [-0.1, -0.05) is 35.3 Å². The minimum atomic E-state index is -0.359. The molecule has 0 aliphatic heterocycles. The first-order valence-corrected chi connectivity index (χ1v) is 5.91. The quantitative estimate of drug-likeness (QED) is 0.791. The second-order valence-corrected chi connectivity index (χ2v) is 4.27. The summed E-state index contributed by atoms with van der Waals surface area (Å²) in [5.74, 6) is 0. The first-order valence-electron chi connectivity index (χ1n) is 5.15. The molecule has 3 N–H and O–H groups in total. The number of aliphatic hydroxyl groups is 1. The van der Waals surface area contributed by atoms with E-state index in [0.717, 1.165) is 5.56 Å². The average molecular weight is 277 g/mol. The molecule has 0 saturated heterocycles. The Morgan fingerprint density at radius 2 is 2.18 bits per heavy atom. The van der Waals surface area contributed by atoms with Crippen LogP contribution in [0.5, 0.6) is 0 Å². The summed E-state index contributed by atoms with van der Waals surface area (Å²) in [6, 6.07) is 4.63. The Morgan fingerprint density at radius 1 is 1.47 bits per heavy atom. The zero-order chi connectivity index (χ0) is 12.8. The van der Waals surface area contributed by atoms with E-state index in [0.29, 0.717) is 10.0 Å². The lowest BCUT2D eigenvalue weighted by Gasteiger charge is -2.16. The summed E-state index contributed by atoms with van der Waals surface area (Å²) in [5.41, 5.74) is 0.748. The first-order chi connectivity index (χ1) is 8.06. The average Bonchev–Trinajstić information content (AvgIpc) is 2.29. The van der Waals surface area contributed by atoms with E-state index in [2.05, 4.69) is 10.6 Å². The number of nitrogens with one attached hydrogen (secondary N) is 2. The van der Waals surface area contributed by atoms with Crippen molar-refractivity contribution in [1.82, 2.24) is 10.6 Å². The Labute approximate surface area is 110 Å². The van der Waals surface area contributed by atoms with E-state index >= 15 is 0 Å². The monoisotopic (exact) mass is 276 g/mol. The predicted molar refractivity (Wildman–Crippen MR) is 68.5 cm³/mol. The lowest BCUT2D eigenvalue weighted by atomic mass is 10.1. The van der Waals surface area contributed by atoms with Gasteiger partial charge < -0.3 is 15.7 Å². The lowest BCUT2D eigenvalue weighted by Crippen LogP contribution is -2.38. The van der Waals surface area contributed by atoms with E-state index in [4.69, 9.17) is 28.3 Å². The molecule has 0 bridgehead atoms. The van der Waals surface area contributed by atoms with E-state index in [9.17, 15) is 4.79 Å². The van der Waals surface area contributed by atoms with Gasteiger partial charge in [0.15, 0.2) is 0 Å². The Balaban J connectivity index is 2.66. The third-order valence-electron chi connectivity index (χ3n) is 2.19. The van der Waals surface area contributed by atoms with Crippen molar-refractivity contribution in [2.75, 3.05) is 13.2 Å². The Morgan fingerprint density at radius 3 is 2.82 bits per heavy atom. The molecule has 0 radical (unpaired) electrons. The Bertz CT molecular complexity index is 399. The van der Waals surface area contributed by atoms with Gasteiger partial charge >= 0.3 is 6.03 Å². The maximum atomic E-state index is 11.4. The zero-order valence-electron chi connectivity index (χ0n) is 9.34. The predicted octanol–water partition coefficient (Wildman–Crippen LogP) is 2.35. The maximum Gasteiger partial charge on any atom is 0.315 e. The molecule has 1 atom stereocenters. The third kappa shape index (κ3) is 4.07. The summed E-state index contributed by atoms with van der Waals surface area (Å²) in [7, 11) is 0. The molecule has 17 heavy (non-hydrogen) atoms. The minimum absolute atomic E-state index is 0.0975. The molecule has 0 fully saturated rings. The second kappa shape index (κ2) is 6.69. The molecule has 0 aliphatic rings. The van der Waals surface area contributed by atoms with Crippen LogP contribution in [0.4, 0.5) is 4.79 Å². The van der Waals surface area contributed by atoms with Gasteiger partial charge in [-0.05, 0) is 18.6 Å². The van der Waals surface area contributed by atoms with Crippen molar-refractivity contribution < 1.29 is 9.90 Å². The first kappa shape index (κ1) is 14.1. The molecular formula is C11H14Cl2N2O2. The van der Waals surface area contributed by atoms with Crippen LogP contribution >= 0.6 is 23.2 Å². The summed E-state index contributed by atoms with van der Waals surface area (Å²) in [6.07, 6.45) is 0. The zero-order valence-corrected chi connectivity index (χ0v) is 10.8. The number of urea groups is 1. The number of hydrogen-bond donors (Lipinski definition) is 3. The van der Waals surface area contributed by atoms with Crippen molar-refractivity contribution in [3.8, 4) is 0 Å². The molecule has 0 saturated carbocycles. The number of aliphatic hydroxyl groups excluding tert-OH is 1.